The highest BCUT2D eigenvalue weighted by atomic mass is 32.2. The van der Waals surface area contributed by atoms with Gasteiger partial charge in [-0.05, 0) is 14.1 Å². The van der Waals surface area contributed by atoms with Gasteiger partial charge < -0.3 is 14.6 Å². The molecule has 0 aliphatic carbocycles. The van der Waals surface area contributed by atoms with Crippen molar-refractivity contribution in [1.29, 1.82) is 0 Å². The van der Waals surface area contributed by atoms with Crippen LogP contribution in [-0.2, 0) is 14.8 Å². The van der Waals surface area contributed by atoms with Gasteiger partial charge in [-0.1, -0.05) is 0 Å². The zero-order chi connectivity index (χ0) is 12.7. The van der Waals surface area contributed by atoms with Crippen LogP contribution in [0.25, 0.3) is 0 Å². The number of hydrogen-bond acceptors (Lipinski definition) is 5. The molecule has 0 aliphatic heterocycles. The Labute approximate surface area is 101 Å². The van der Waals surface area contributed by atoms with Gasteiger partial charge in [0.25, 0.3) is 10.0 Å². The molecule has 0 spiro atoms. The van der Waals surface area contributed by atoms with Crippen molar-refractivity contribution in [3.05, 3.63) is 12.5 Å². The van der Waals surface area contributed by atoms with E-state index in [1.165, 1.54) is 12.5 Å². The predicted octanol–water partition coefficient (Wildman–Crippen LogP) is -0.734. The largest absolute Gasteiger partial charge is 0.379 e. The number of hydrogen-bond donors (Lipinski definition) is 2. The van der Waals surface area contributed by atoms with Gasteiger partial charge in [0.05, 0.1) is 25.7 Å². The van der Waals surface area contributed by atoms with Gasteiger partial charge in [0.15, 0.2) is 5.03 Å². The summed E-state index contributed by atoms with van der Waals surface area (Å²) in [5.41, 5.74) is 0. The minimum absolute atomic E-state index is 0.0609. The molecule has 0 aromatic carbocycles. The maximum atomic E-state index is 11.6. The van der Waals surface area contributed by atoms with Gasteiger partial charge in [-0.2, -0.15) is 0 Å². The molecule has 0 aliphatic rings. The summed E-state index contributed by atoms with van der Waals surface area (Å²) in [4.78, 5) is 8.18. The Bertz CT molecular complexity index is 402. The van der Waals surface area contributed by atoms with Gasteiger partial charge in [0, 0.05) is 13.1 Å². The summed E-state index contributed by atoms with van der Waals surface area (Å²) >= 11 is 0. The molecule has 0 bridgehead atoms. The number of nitrogens with zero attached hydrogens (tertiary/aromatic N) is 2. The molecule has 1 rings (SSSR count). The third-order valence-electron chi connectivity index (χ3n) is 1.98. The van der Waals surface area contributed by atoms with Crippen molar-refractivity contribution >= 4 is 10.0 Å². The van der Waals surface area contributed by atoms with Crippen molar-refractivity contribution in [3.8, 4) is 0 Å². The van der Waals surface area contributed by atoms with E-state index in [2.05, 4.69) is 14.7 Å². The van der Waals surface area contributed by atoms with Crippen LogP contribution in [0.1, 0.15) is 0 Å². The maximum Gasteiger partial charge on any atom is 0.257 e. The van der Waals surface area contributed by atoms with Crippen molar-refractivity contribution in [2.24, 2.45) is 0 Å². The summed E-state index contributed by atoms with van der Waals surface area (Å²) in [5, 5.41) is 0.0609. The Hall–Kier alpha value is -0.960. The highest BCUT2D eigenvalue weighted by Gasteiger charge is 2.13. The lowest BCUT2D eigenvalue weighted by Gasteiger charge is -2.10. The number of rotatable bonds is 8. The first-order valence-corrected chi connectivity index (χ1v) is 6.71. The molecule has 98 valence electrons. The fraction of sp³-hybridized carbons (Fsp3) is 0.667. The van der Waals surface area contributed by atoms with Crippen LogP contribution >= 0.6 is 0 Å². The fourth-order valence-corrected chi connectivity index (χ4v) is 1.98. The fourth-order valence-electron chi connectivity index (χ4n) is 1.07. The number of aromatic nitrogens is 2. The highest BCUT2D eigenvalue weighted by Crippen LogP contribution is 2.00. The van der Waals surface area contributed by atoms with Gasteiger partial charge in [-0.15, -0.1) is 0 Å². The zero-order valence-corrected chi connectivity index (χ0v) is 10.8. The molecule has 0 fully saturated rings. The van der Waals surface area contributed by atoms with Crippen LogP contribution < -0.4 is 4.72 Å². The summed E-state index contributed by atoms with van der Waals surface area (Å²) in [7, 11) is 0.418. The van der Waals surface area contributed by atoms with Crippen LogP contribution in [0.2, 0.25) is 0 Å². The van der Waals surface area contributed by atoms with Gasteiger partial charge >= 0.3 is 0 Å². The molecule has 8 heteroatoms. The van der Waals surface area contributed by atoms with E-state index in [4.69, 9.17) is 4.74 Å². The van der Waals surface area contributed by atoms with Crippen molar-refractivity contribution in [2.45, 2.75) is 5.03 Å². The molecule has 0 saturated carbocycles. The number of sulfonamides is 1. The molecule has 1 heterocycles. The van der Waals surface area contributed by atoms with Crippen LogP contribution in [-0.4, -0.2) is 63.7 Å². The van der Waals surface area contributed by atoms with E-state index in [-0.39, 0.29) is 11.6 Å². The molecule has 0 radical (unpaired) electrons. The number of likely N-dealkylation sites (N-methyl/N-ethyl adjacent to an activating group) is 1. The average molecular weight is 262 g/mol. The maximum absolute atomic E-state index is 11.6. The lowest BCUT2D eigenvalue weighted by Crippen LogP contribution is -2.28. The van der Waals surface area contributed by atoms with Crippen LogP contribution in [0.3, 0.4) is 0 Å². The second kappa shape index (κ2) is 6.70. The molecule has 0 atom stereocenters. The van der Waals surface area contributed by atoms with Crippen molar-refractivity contribution in [1.82, 2.24) is 19.6 Å². The smallest absolute Gasteiger partial charge is 0.257 e. The van der Waals surface area contributed by atoms with E-state index in [0.717, 1.165) is 6.54 Å². The molecule has 1 aromatic heterocycles. The number of aromatic amines is 1. The Morgan fingerprint density at radius 1 is 1.47 bits per heavy atom. The second-order valence-electron chi connectivity index (χ2n) is 3.73. The summed E-state index contributed by atoms with van der Waals surface area (Å²) in [6.07, 6.45) is 2.58. The average Bonchev–Trinajstić information content (AvgIpc) is 2.76. The molecule has 17 heavy (non-hydrogen) atoms. The van der Waals surface area contributed by atoms with E-state index in [1.807, 2.05) is 19.0 Å². The van der Waals surface area contributed by atoms with Crippen molar-refractivity contribution in [3.63, 3.8) is 0 Å². The second-order valence-corrected chi connectivity index (χ2v) is 5.46. The van der Waals surface area contributed by atoms with E-state index in [0.29, 0.717) is 13.2 Å². The summed E-state index contributed by atoms with van der Waals surface area (Å²) in [6.45, 7) is 1.99. The normalized spacial score (nSPS) is 12.2. The van der Waals surface area contributed by atoms with Crippen molar-refractivity contribution < 1.29 is 13.2 Å². The van der Waals surface area contributed by atoms with Gasteiger partial charge in [-0.3, -0.25) is 0 Å². The topological polar surface area (TPSA) is 87.3 Å². The molecule has 0 unspecified atom stereocenters. The van der Waals surface area contributed by atoms with Crippen LogP contribution in [0.5, 0.6) is 0 Å². The number of imidazole rings is 1. The van der Waals surface area contributed by atoms with Gasteiger partial charge in [-0.25, -0.2) is 18.1 Å². The first-order chi connectivity index (χ1) is 8.02. The Balaban J connectivity index is 2.19. The van der Waals surface area contributed by atoms with E-state index < -0.39 is 10.0 Å². The standard InChI is InChI=1S/C9H18N4O3S/c1-13(2)4-6-16-5-3-12-17(14,15)9-7-10-8-11-9/h7-8,12H,3-6H2,1-2H3,(H,10,11). The predicted molar refractivity (Wildman–Crippen MR) is 63.1 cm³/mol. The van der Waals surface area contributed by atoms with Gasteiger partial charge in [0.1, 0.15) is 0 Å². The van der Waals surface area contributed by atoms with E-state index >= 15 is 0 Å². The molecular formula is C9H18N4O3S. The van der Waals surface area contributed by atoms with Crippen LogP contribution in [0, 0.1) is 0 Å². The Morgan fingerprint density at radius 2 is 2.24 bits per heavy atom. The van der Waals surface area contributed by atoms with Crippen LogP contribution in [0.4, 0.5) is 0 Å². The number of H-pyrrole nitrogens is 1. The SMILES string of the molecule is CN(C)CCOCCNS(=O)(=O)c1cnc[nH]1. The van der Waals surface area contributed by atoms with Gasteiger partial charge in [0.2, 0.25) is 0 Å². The summed E-state index contributed by atoms with van der Waals surface area (Å²) < 4.78 is 30.9. The minimum Gasteiger partial charge on any atom is -0.379 e. The monoisotopic (exact) mass is 262 g/mol. The van der Waals surface area contributed by atoms with E-state index in [9.17, 15) is 8.42 Å². The molecule has 0 amide bonds. The van der Waals surface area contributed by atoms with E-state index in [1.54, 1.807) is 0 Å². The quantitative estimate of drug-likeness (QED) is 0.603. The first kappa shape index (κ1) is 14.1. The third kappa shape index (κ3) is 5.26. The third-order valence-corrected chi connectivity index (χ3v) is 3.37. The van der Waals surface area contributed by atoms with Crippen molar-refractivity contribution in [2.75, 3.05) is 40.4 Å². The number of nitrogens with one attached hydrogen (secondary N) is 2. The highest BCUT2D eigenvalue weighted by molar-refractivity contribution is 7.89. The molecule has 2 N–H and O–H groups in total. The summed E-state index contributed by atoms with van der Waals surface area (Å²) in [6, 6.07) is 0. The zero-order valence-electron chi connectivity index (χ0n) is 10.0. The first-order valence-electron chi connectivity index (χ1n) is 5.23. The minimum atomic E-state index is -3.48. The molecular weight excluding hydrogens is 244 g/mol. The Morgan fingerprint density at radius 3 is 2.82 bits per heavy atom. The summed E-state index contributed by atoms with van der Waals surface area (Å²) in [5.74, 6) is 0. The molecule has 7 nitrogen and oxygen atoms in total. The lowest BCUT2D eigenvalue weighted by molar-refractivity contribution is 0.122. The van der Waals surface area contributed by atoms with Crippen LogP contribution in [0.15, 0.2) is 17.6 Å². The molecule has 0 saturated heterocycles. The Kier molecular flexibility index (Phi) is 5.56. The number of ether oxygens (including phenoxy) is 1. The lowest BCUT2D eigenvalue weighted by atomic mass is 10.6. The molecule has 1 aromatic rings.